The predicted octanol–water partition coefficient (Wildman–Crippen LogP) is 2.95. The highest BCUT2D eigenvalue weighted by atomic mass is 16.5. The van der Waals surface area contributed by atoms with Crippen LogP contribution in [0, 0.1) is 0 Å². The zero-order chi connectivity index (χ0) is 16.8. The smallest absolute Gasteiger partial charge is 0.303 e. The van der Waals surface area contributed by atoms with E-state index in [1.54, 1.807) is 49.6 Å². The second-order valence-electron chi connectivity index (χ2n) is 4.99. The standard InChI is InChI=1S/C18H18O5/c1-22-14-8-9-15(16(11-14)23-2)18(21)13-6-3-12(4-7-13)5-10-17(19)20/h3-4,6-9,11H,5,10H2,1-2H3,(H,19,20). The van der Waals surface area contributed by atoms with E-state index in [0.29, 0.717) is 29.0 Å². The van der Waals surface area contributed by atoms with Gasteiger partial charge in [0.1, 0.15) is 11.5 Å². The molecular formula is C18H18O5. The van der Waals surface area contributed by atoms with Crippen LogP contribution in [0.25, 0.3) is 0 Å². The van der Waals surface area contributed by atoms with Crippen molar-refractivity contribution in [3.63, 3.8) is 0 Å². The topological polar surface area (TPSA) is 72.8 Å². The molecule has 0 amide bonds. The lowest BCUT2D eigenvalue weighted by Crippen LogP contribution is -2.05. The van der Waals surface area contributed by atoms with Crippen molar-refractivity contribution in [2.45, 2.75) is 12.8 Å². The number of methoxy groups -OCH3 is 2. The molecule has 0 aliphatic heterocycles. The van der Waals surface area contributed by atoms with Gasteiger partial charge in [-0.05, 0) is 24.1 Å². The normalized spacial score (nSPS) is 10.2. The van der Waals surface area contributed by atoms with Gasteiger partial charge in [0, 0.05) is 18.1 Å². The molecule has 120 valence electrons. The number of hydrogen-bond donors (Lipinski definition) is 1. The number of benzene rings is 2. The van der Waals surface area contributed by atoms with Crippen molar-refractivity contribution in [2.24, 2.45) is 0 Å². The first-order chi connectivity index (χ1) is 11.0. The van der Waals surface area contributed by atoms with Gasteiger partial charge in [0.15, 0.2) is 5.78 Å². The number of carbonyl (C=O) groups is 2. The average molecular weight is 314 g/mol. The Hall–Kier alpha value is -2.82. The van der Waals surface area contributed by atoms with Gasteiger partial charge in [-0.3, -0.25) is 9.59 Å². The second kappa shape index (κ2) is 7.45. The van der Waals surface area contributed by atoms with Gasteiger partial charge in [-0.1, -0.05) is 24.3 Å². The summed E-state index contributed by atoms with van der Waals surface area (Å²) in [4.78, 5) is 23.2. The molecule has 0 saturated carbocycles. The Kier molecular flexibility index (Phi) is 5.36. The van der Waals surface area contributed by atoms with Crippen LogP contribution in [-0.4, -0.2) is 31.1 Å². The van der Waals surface area contributed by atoms with Crippen molar-refractivity contribution >= 4 is 11.8 Å². The summed E-state index contributed by atoms with van der Waals surface area (Å²) >= 11 is 0. The van der Waals surface area contributed by atoms with Crippen LogP contribution in [0.5, 0.6) is 11.5 Å². The molecule has 0 atom stereocenters. The molecule has 23 heavy (non-hydrogen) atoms. The Balaban J connectivity index is 2.21. The van der Waals surface area contributed by atoms with E-state index in [0.717, 1.165) is 5.56 Å². The number of ketones is 1. The van der Waals surface area contributed by atoms with Gasteiger partial charge in [-0.25, -0.2) is 0 Å². The van der Waals surface area contributed by atoms with E-state index in [2.05, 4.69) is 0 Å². The number of aryl methyl sites for hydroxylation is 1. The third kappa shape index (κ3) is 4.10. The molecule has 0 aliphatic carbocycles. The summed E-state index contributed by atoms with van der Waals surface area (Å²) in [6.07, 6.45) is 0.509. The van der Waals surface area contributed by atoms with E-state index in [1.165, 1.54) is 7.11 Å². The molecule has 0 aromatic heterocycles. The minimum absolute atomic E-state index is 0.0690. The van der Waals surface area contributed by atoms with E-state index in [9.17, 15) is 9.59 Å². The predicted molar refractivity (Wildman–Crippen MR) is 85.4 cm³/mol. The monoisotopic (exact) mass is 314 g/mol. The molecule has 0 heterocycles. The van der Waals surface area contributed by atoms with Crippen LogP contribution in [-0.2, 0) is 11.2 Å². The SMILES string of the molecule is COc1ccc(C(=O)c2ccc(CCC(=O)O)cc2)c(OC)c1. The van der Waals surface area contributed by atoms with Crippen LogP contribution in [0.4, 0.5) is 0 Å². The number of ether oxygens (including phenoxy) is 2. The highest BCUT2D eigenvalue weighted by Gasteiger charge is 2.15. The number of rotatable bonds is 7. The first-order valence-corrected chi connectivity index (χ1v) is 7.12. The maximum Gasteiger partial charge on any atom is 0.303 e. The fraction of sp³-hybridized carbons (Fsp3) is 0.222. The summed E-state index contributed by atoms with van der Waals surface area (Å²) in [5.74, 6) is 0.0640. The molecule has 2 rings (SSSR count). The summed E-state index contributed by atoms with van der Waals surface area (Å²) in [5, 5.41) is 8.69. The van der Waals surface area contributed by atoms with Crippen LogP contribution >= 0.6 is 0 Å². The van der Waals surface area contributed by atoms with Crippen LogP contribution in [0.2, 0.25) is 0 Å². The molecule has 0 aliphatic rings. The van der Waals surface area contributed by atoms with Gasteiger partial charge in [-0.2, -0.15) is 0 Å². The Bertz CT molecular complexity index is 704. The third-order valence-corrected chi connectivity index (χ3v) is 3.50. The molecule has 0 fully saturated rings. The number of aliphatic carboxylic acids is 1. The summed E-state index contributed by atoms with van der Waals surface area (Å²) < 4.78 is 10.4. The summed E-state index contributed by atoms with van der Waals surface area (Å²) in [7, 11) is 3.05. The molecule has 0 saturated heterocycles. The highest BCUT2D eigenvalue weighted by Crippen LogP contribution is 2.26. The summed E-state index contributed by atoms with van der Waals surface area (Å²) in [6, 6.07) is 12.0. The third-order valence-electron chi connectivity index (χ3n) is 3.50. The molecule has 0 unspecified atom stereocenters. The van der Waals surface area contributed by atoms with Crippen LogP contribution in [0.3, 0.4) is 0 Å². The van der Waals surface area contributed by atoms with Crippen molar-refractivity contribution in [1.29, 1.82) is 0 Å². The lowest BCUT2D eigenvalue weighted by Gasteiger charge is -2.10. The van der Waals surface area contributed by atoms with E-state index in [1.807, 2.05) is 0 Å². The molecule has 2 aromatic rings. The van der Waals surface area contributed by atoms with Crippen molar-refractivity contribution in [3.05, 3.63) is 59.2 Å². The second-order valence-corrected chi connectivity index (χ2v) is 4.99. The number of carboxylic acids is 1. The minimum Gasteiger partial charge on any atom is -0.497 e. The van der Waals surface area contributed by atoms with Gasteiger partial charge in [0.25, 0.3) is 0 Å². The van der Waals surface area contributed by atoms with E-state index in [-0.39, 0.29) is 12.2 Å². The van der Waals surface area contributed by atoms with E-state index in [4.69, 9.17) is 14.6 Å². The molecule has 5 nitrogen and oxygen atoms in total. The van der Waals surface area contributed by atoms with Gasteiger partial charge >= 0.3 is 5.97 Å². The van der Waals surface area contributed by atoms with Gasteiger partial charge < -0.3 is 14.6 Å². The van der Waals surface area contributed by atoms with Crippen molar-refractivity contribution in [3.8, 4) is 11.5 Å². The minimum atomic E-state index is -0.840. The first kappa shape index (κ1) is 16.5. The van der Waals surface area contributed by atoms with Crippen LogP contribution < -0.4 is 9.47 Å². The molecular weight excluding hydrogens is 296 g/mol. The lowest BCUT2D eigenvalue weighted by molar-refractivity contribution is -0.136. The Morgan fingerprint density at radius 2 is 1.70 bits per heavy atom. The molecule has 2 aromatic carbocycles. The Labute approximate surface area is 134 Å². The first-order valence-electron chi connectivity index (χ1n) is 7.12. The largest absolute Gasteiger partial charge is 0.497 e. The number of carboxylic acid groups (broad SMARTS) is 1. The van der Waals surface area contributed by atoms with Crippen molar-refractivity contribution in [2.75, 3.05) is 14.2 Å². The van der Waals surface area contributed by atoms with E-state index >= 15 is 0 Å². The molecule has 5 heteroatoms. The zero-order valence-corrected chi connectivity index (χ0v) is 13.0. The van der Waals surface area contributed by atoms with Crippen molar-refractivity contribution in [1.82, 2.24) is 0 Å². The molecule has 1 N–H and O–H groups in total. The van der Waals surface area contributed by atoms with E-state index < -0.39 is 5.97 Å². The fourth-order valence-corrected chi connectivity index (χ4v) is 2.22. The maximum absolute atomic E-state index is 12.6. The highest BCUT2D eigenvalue weighted by molar-refractivity contribution is 6.10. The summed E-state index contributed by atoms with van der Waals surface area (Å²) in [5.41, 5.74) is 1.85. The van der Waals surface area contributed by atoms with Gasteiger partial charge in [-0.15, -0.1) is 0 Å². The number of carbonyl (C=O) groups excluding carboxylic acids is 1. The summed E-state index contributed by atoms with van der Waals surface area (Å²) in [6.45, 7) is 0. The molecule has 0 radical (unpaired) electrons. The molecule has 0 bridgehead atoms. The fourth-order valence-electron chi connectivity index (χ4n) is 2.22. The van der Waals surface area contributed by atoms with Crippen molar-refractivity contribution < 1.29 is 24.2 Å². The molecule has 0 spiro atoms. The average Bonchev–Trinajstić information content (AvgIpc) is 2.59. The van der Waals surface area contributed by atoms with Crippen LogP contribution in [0.1, 0.15) is 27.9 Å². The maximum atomic E-state index is 12.6. The van der Waals surface area contributed by atoms with Gasteiger partial charge in [0.2, 0.25) is 0 Å². The Morgan fingerprint density at radius 1 is 1.00 bits per heavy atom. The Morgan fingerprint density at radius 3 is 2.26 bits per heavy atom. The van der Waals surface area contributed by atoms with Crippen LogP contribution in [0.15, 0.2) is 42.5 Å². The van der Waals surface area contributed by atoms with Gasteiger partial charge in [0.05, 0.1) is 19.8 Å². The zero-order valence-electron chi connectivity index (χ0n) is 13.0. The lowest BCUT2D eigenvalue weighted by atomic mass is 10.00. The quantitative estimate of drug-likeness (QED) is 0.795. The number of hydrogen-bond acceptors (Lipinski definition) is 4.